The summed E-state index contributed by atoms with van der Waals surface area (Å²) in [6.45, 7) is 2.26. The highest BCUT2D eigenvalue weighted by atomic mass is 127. The van der Waals surface area contributed by atoms with Crippen LogP contribution in [0.15, 0.2) is 0 Å². The van der Waals surface area contributed by atoms with Crippen LogP contribution in [-0.2, 0) is 0 Å². The summed E-state index contributed by atoms with van der Waals surface area (Å²) in [6.07, 6.45) is 5.29. The van der Waals surface area contributed by atoms with Gasteiger partial charge in [-0.2, -0.15) is 9.36 Å². The van der Waals surface area contributed by atoms with E-state index in [4.69, 9.17) is 0 Å². The van der Waals surface area contributed by atoms with Crippen molar-refractivity contribution in [2.45, 2.75) is 25.7 Å². The quantitative estimate of drug-likeness (QED) is 0.747. The van der Waals surface area contributed by atoms with E-state index in [9.17, 15) is 0 Å². The SMILES string of the molecule is Ic1nc(N2CCCCCC2)ns1. The van der Waals surface area contributed by atoms with Crippen LogP contribution in [0.25, 0.3) is 0 Å². The highest BCUT2D eigenvalue weighted by Gasteiger charge is 2.13. The fourth-order valence-corrected chi connectivity index (χ4v) is 2.54. The van der Waals surface area contributed by atoms with Gasteiger partial charge in [0.2, 0.25) is 5.95 Å². The van der Waals surface area contributed by atoms with Gasteiger partial charge in [-0.15, -0.1) is 0 Å². The van der Waals surface area contributed by atoms with Gasteiger partial charge < -0.3 is 4.90 Å². The molecule has 0 unspecified atom stereocenters. The zero-order valence-electron chi connectivity index (χ0n) is 7.37. The Balaban J connectivity index is 2.06. The molecule has 2 rings (SSSR count). The Hall–Kier alpha value is 0.0900. The van der Waals surface area contributed by atoms with E-state index in [-0.39, 0.29) is 0 Å². The Kier molecular flexibility index (Phi) is 3.37. The predicted octanol–water partition coefficient (Wildman–Crippen LogP) is 2.52. The molecule has 0 atom stereocenters. The van der Waals surface area contributed by atoms with Crippen LogP contribution in [0.3, 0.4) is 0 Å². The number of hydrogen-bond donors (Lipinski definition) is 0. The van der Waals surface area contributed by atoms with Crippen molar-refractivity contribution in [2.75, 3.05) is 18.0 Å². The number of anilines is 1. The summed E-state index contributed by atoms with van der Waals surface area (Å²) in [5, 5.41) is 0. The summed E-state index contributed by atoms with van der Waals surface area (Å²) >= 11 is 3.71. The Morgan fingerprint density at radius 3 is 2.38 bits per heavy atom. The molecule has 5 heteroatoms. The van der Waals surface area contributed by atoms with Gasteiger partial charge in [-0.25, -0.2) is 0 Å². The minimum Gasteiger partial charge on any atom is -0.340 e. The minimum absolute atomic E-state index is 0.941. The van der Waals surface area contributed by atoms with Crippen LogP contribution in [0.5, 0.6) is 0 Å². The van der Waals surface area contributed by atoms with Crippen molar-refractivity contribution in [3.8, 4) is 0 Å². The standard InChI is InChI=1S/C8H12IN3S/c9-7-10-8(11-13-7)12-5-3-1-2-4-6-12/h1-6H2. The first-order valence-corrected chi connectivity index (χ1v) is 6.45. The molecule has 3 nitrogen and oxygen atoms in total. The maximum absolute atomic E-state index is 4.40. The van der Waals surface area contributed by atoms with E-state index in [1.807, 2.05) is 0 Å². The first kappa shape index (κ1) is 9.64. The maximum atomic E-state index is 4.40. The molecule has 0 radical (unpaired) electrons. The Morgan fingerprint density at radius 2 is 1.85 bits per heavy atom. The molecule has 1 saturated heterocycles. The molecule has 0 saturated carbocycles. The Bertz CT molecular complexity index is 268. The lowest BCUT2D eigenvalue weighted by Gasteiger charge is -2.17. The third-order valence-electron chi connectivity index (χ3n) is 2.28. The van der Waals surface area contributed by atoms with Crippen molar-refractivity contribution in [3.63, 3.8) is 0 Å². The number of halogens is 1. The number of hydrogen-bond acceptors (Lipinski definition) is 4. The molecule has 1 aliphatic heterocycles. The topological polar surface area (TPSA) is 29.0 Å². The fraction of sp³-hybridized carbons (Fsp3) is 0.750. The van der Waals surface area contributed by atoms with Crippen LogP contribution < -0.4 is 4.90 Å². The van der Waals surface area contributed by atoms with Crippen molar-refractivity contribution >= 4 is 40.1 Å². The Morgan fingerprint density at radius 1 is 1.15 bits per heavy atom. The second-order valence-electron chi connectivity index (χ2n) is 3.25. The normalized spacial score (nSPS) is 18.7. The highest BCUT2D eigenvalue weighted by molar-refractivity contribution is 14.1. The Labute approximate surface area is 95.9 Å². The van der Waals surface area contributed by atoms with E-state index < -0.39 is 0 Å². The molecule has 0 aromatic carbocycles. The maximum Gasteiger partial charge on any atom is 0.238 e. The van der Waals surface area contributed by atoms with Gasteiger partial charge in [0.05, 0.1) is 0 Å². The van der Waals surface area contributed by atoms with E-state index >= 15 is 0 Å². The zero-order chi connectivity index (χ0) is 9.10. The van der Waals surface area contributed by atoms with Crippen LogP contribution in [0, 0.1) is 3.01 Å². The molecule has 0 amide bonds. The van der Waals surface area contributed by atoms with E-state index in [2.05, 4.69) is 36.8 Å². The van der Waals surface area contributed by atoms with Crippen molar-refractivity contribution < 1.29 is 0 Å². The molecule has 13 heavy (non-hydrogen) atoms. The molecule has 0 bridgehead atoms. The zero-order valence-corrected chi connectivity index (χ0v) is 10.3. The molecule has 1 aromatic heterocycles. The number of aromatic nitrogens is 2. The van der Waals surface area contributed by atoms with Gasteiger partial charge in [-0.1, -0.05) is 12.8 Å². The second-order valence-corrected chi connectivity index (χ2v) is 5.75. The van der Waals surface area contributed by atoms with Crippen LogP contribution in [-0.4, -0.2) is 22.4 Å². The van der Waals surface area contributed by atoms with Gasteiger partial charge in [0.1, 0.15) is 0 Å². The molecule has 2 heterocycles. The summed E-state index contributed by atoms with van der Waals surface area (Å²) in [5.74, 6) is 0.941. The number of nitrogens with zero attached hydrogens (tertiary/aromatic N) is 3. The summed E-state index contributed by atoms with van der Waals surface area (Å²) in [6, 6.07) is 0. The molecular formula is C8H12IN3S. The van der Waals surface area contributed by atoms with E-state index in [1.54, 1.807) is 0 Å². The summed E-state index contributed by atoms with van der Waals surface area (Å²) in [4.78, 5) is 6.71. The summed E-state index contributed by atoms with van der Waals surface area (Å²) in [5.41, 5.74) is 0. The van der Waals surface area contributed by atoms with Gasteiger partial charge >= 0.3 is 0 Å². The van der Waals surface area contributed by atoms with Crippen molar-refractivity contribution in [1.29, 1.82) is 0 Å². The largest absolute Gasteiger partial charge is 0.340 e. The molecule has 1 fully saturated rings. The van der Waals surface area contributed by atoms with Crippen molar-refractivity contribution in [1.82, 2.24) is 9.36 Å². The predicted molar refractivity (Wildman–Crippen MR) is 63.3 cm³/mol. The average Bonchev–Trinajstić information content (AvgIpc) is 2.43. The third-order valence-corrected chi connectivity index (χ3v) is 3.61. The van der Waals surface area contributed by atoms with Crippen LogP contribution in [0.4, 0.5) is 5.95 Å². The molecule has 72 valence electrons. The molecule has 0 spiro atoms. The lowest BCUT2D eigenvalue weighted by Crippen LogP contribution is -2.24. The summed E-state index contributed by atoms with van der Waals surface area (Å²) in [7, 11) is 0. The van der Waals surface area contributed by atoms with Crippen LogP contribution in [0.1, 0.15) is 25.7 Å². The number of rotatable bonds is 1. The van der Waals surface area contributed by atoms with Crippen LogP contribution >= 0.6 is 34.1 Å². The molecule has 0 N–H and O–H groups in total. The third kappa shape index (κ3) is 2.52. The van der Waals surface area contributed by atoms with Crippen molar-refractivity contribution in [3.05, 3.63) is 3.01 Å². The summed E-state index contributed by atoms with van der Waals surface area (Å²) < 4.78 is 5.37. The van der Waals surface area contributed by atoms with E-state index in [1.165, 1.54) is 37.2 Å². The van der Waals surface area contributed by atoms with Gasteiger partial charge in [-0.3, -0.25) is 0 Å². The fourth-order valence-electron chi connectivity index (χ4n) is 1.60. The lowest BCUT2D eigenvalue weighted by molar-refractivity contribution is 0.726. The average molecular weight is 309 g/mol. The van der Waals surface area contributed by atoms with Crippen LogP contribution in [0.2, 0.25) is 0 Å². The van der Waals surface area contributed by atoms with E-state index in [0.717, 1.165) is 22.1 Å². The van der Waals surface area contributed by atoms with Gasteiger partial charge in [0.15, 0.2) is 3.01 Å². The van der Waals surface area contributed by atoms with Gasteiger partial charge in [0, 0.05) is 13.1 Å². The van der Waals surface area contributed by atoms with E-state index in [0.29, 0.717) is 0 Å². The smallest absolute Gasteiger partial charge is 0.238 e. The first-order chi connectivity index (χ1) is 6.36. The minimum atomic E-state index is 0.941. The first-order valence-electron chi connectivity index (χ1n) is 4.60. The van der Waals surface area contributed by atoms with Gasteiger partial charge in [0.25, 0.3) is 0 Å². The molecule has 0 aliphatic carbocycles. The monoisotopic (exact) mass is 309 g/mol. The molecular weight excluding hydrogens is 297 g/mol. The highest BCUT2D eigenvalue weighted by Crippen LogP contribution is 2.18. The van der Waals surface area contributed by atoms with Crippen molar-refractivity contribution in [2.24, 2.45) is 0 Å². The lowest BCUT2D eigenvalue weighted by atomic mass is 10.2. The second kappa shape index (κ2) is 4.54. The molecule has 1 aliphatic rings. The van der Waals surface area contributed by atoms with Gasteiger partial charge in [-0.05, 0) is 47.0 Å². The molecule has 1 aromatic rings.